The zero-order chi connectivity index (χ0) is 5.91. The van der Waals surface area contributed by atoms with E-state index in [0.717, 1.165) is 0 Å². The van der Waals surface area contributed by atoms with Gasteiger partial charge in [0.2, 0.25) is 0 Å². The molecule has 0 saturated heterocycles. The maximum atomic E-state index is 2.27. The molecular formula is C6H13Li. The molecular weight excluding hydrogens is 79.0 g/mol. The van der Waals surface area contributed by atoms with E-state index in [-0.39, 0.29) is 0 Å². The van der Waals surface area contributed by atoms with Crippen LogP contribution in [0.3, 0.4) is 0 Å². The monoisotopic (exact) mass is 92.1 g/mol. The van der Waals surface area contributed by atoms with E-state index in [9.17, 15) is 0 Å². The van der Waals surface area contributed by atoms with E-state index in [2.05, 4.69) is 38.5 Å². The minimum atomic E-state index is 0.550. The normalized spacial score (nSPS) is 12.1. The fraction of sp³-hybridized carbons (Fsp3) is 1.00. The molecule has 7 heavy (non-hydrogen) atoms. The van der Waals surface area contributed by atoms with Crippen molar-refractivity contribution in [3.8, 4) is 0 Å². The summed E-state index contributed by atoms with van der Waals surface area (Å²) < 4.78 is 0.550. The topological polar surface area (TPSA) is 0 Å². The molecule has 0 heterocycles. The molecule has 38 valence electrons. The summed E-state index contributed by atoms with van der Waals surface area (Å²) in [5.41, 5.74) is 0. The first-order valence-electron chi connectivity index (χ1n) is 3.06. The van der Waals surface area contributed by atoms with Crippen molar-refractivity contribution in [1.29, 1.82) is 0 Å². The van der Waals surface area contributed by atoms with Crippen molar-refractivity contribution in [2.45, 2.75) is 37.7 Å². The van der Waals surface area contributed by atoms with Crippen molar-refractivity contribution < 1.29 is 0 Å². The van der Waals surface area contributed by atoms with Crippen molar-refractivity contribution in [3.63, 3.8) is 0 Å². The zero-order valence-electron chi connectivity index (χ0n) is 5.91. The molecule has 0 aliphatic carbocycles. The fourth-order valence-electron chi connectivity index (χ4n) is 0.750. The molecule has 0 nitrogen and oxygen atoms in total. The number of hydrogen-bond donors (Lipinski definition) is 0. The van der Waals surface area contributed by atoms with Gasteiger partial charge in [0.15, 0.2) is 0 Å². The molecule has 0 aromatic rings. The van der Waals surface area contributed by atoms with Crippen molar-refractivity contribution in [2.75, 3.05) is 0 Å². The van der Waals surface area contributed by atoms with Crippen LogP contribution >= 0.6 is 0 Å². The van der Waals surface area contributed by atoms with E-state index >= 15 is 0 Å². The first kappa shape index (κ1) is 7.60. The molecule has 0 atom stereocenters. The van der Waals surface area contributed by atoms with Crippen LogP contribution in [0.4, 0.5) is 0 Å². The molecule has 0 amide bonds. The third-order valence-electron chi connectivity index (χ3n) is 1.000. The SMILES string of the molecule is [Li][C](C)(C)CCC. The Morgan fingerprint density at radius 2 is 1.86 bits per heavy atom. The standard InChI is InChI=1S/C6H13.Li/c1-4-5-6(2)3;/h4-5H2,1-3H3;. The molecule has 0 saturated carbocycles. The van der Waals surface area contributed by atoms with Gasteiger partial charge in [0, 0.05) is 0 Å². The minimum absolute atomic E-state index is 0.550. The Hall–Kier alpha value is 0.597. The first-order chi connectivity index (χ1) is 3.06. The Morgan fingerprint density at radius 3 is 1.86 bits per heavy atom. The van der Waals surface area contributed by atoms with E-state index in [1.165, 1.54) is 12.8 Å². The van der Waals surface area contributed by atoms with Crippen molar-refractivity contribution >= 4 is 17.7 Å². The Balaban J connectivity index is 3.15. The molecule has 0 aromatic carbocycles. The Kier molecular flexibility index (Phi) is 3.04. The van der Waals surface area contributed by atoms with Crippen molar-refractivity contribution in [3.05, 3.63) is 0 Å². The van der Waals surface area contributed by atoms with Crippen LogP contribution in [0.25, 0.3) is 0 Å². The summed E-state index contributed by atoms with van der Waals surface area (Å²) >= 11 is 2.27. The van der Waals surface area contributed by atoms with Crippen molar-refractivity contribution in [1.82, 2.24) is 0 Å². The van der Waals surface area contributed by atoms with Crippen LogP contribution in [0.1, 0.15) is 33.6 Å². The van der Waals surface area contributed by atoms with Gasteiger partial charge in [-0.2, -0.15) is 0 Å². The summed E-state index contributed by atoms with van der Waals surface area (Å²) in [6, 6.07) is 0. The van der Waals surface area contributed by atoms with Crippen LogP contribution in [0, 0.1) is 0 Å². The van der Waals surface area contributed by atoms with E-state index in [1.807, 2.05) is 0 Å². The molecule has 0 aliphatic heterocycles. The second-order valence-corrected chi connectivity index (χ2v) is 3.31. The van der Waals surface area contributed by atoms with E-state index in [0.29, 0.717) is 4.09 Å². The van der Waals surface area contributed by atoms with Crippen LogP contribution in [-0.4, -0.2) is 17.7 Å². The van der Waals surface area contributed by atoms with Gasteiger partial charge >= 0.3 is 55.4 Å². The average Bonchev–Trinajstić information content (AvgIpc) is 1.30. The van der Waals surface area contributed by atoms with E-state index in [1.54, 1.807) is 0 Å². The van der Waals surface area contributed by atoms with Crippen molar-refractivity contribution in [2.24, 2.45) is 0 Å². The molecule has 0 spiro atoms. The van der Waals surface area contributed by atoms with Gasteiger partial charge in [0.25, 0.3) is 0 Å². The third kappa shape index (κ3) is 6.60. The van der Waals surface area contributed by atoms with E-state index < -0.39 is 0 Å². The van der Waals surface area contributed by atoms with Gasteiger partial charge in [-0.1, -0.05) is 0 Å². The van der Waals surface area contributed by atoms with Crippen LogP contribution in [-0.2, 0) is 0 Å². The molecule has 0 N–H and O–H groups in total. The van der Waals surface area contributed by atoms with Gasteiger partial charge in [-0.05, 0) is 0 Å². The summed E-state index contributed by atoms with van der Waals surface area (Å²) in [6.45, 7) is 6.78. The number of rotatable bonds is 2. The summed E-state index contributed by atoms with van der Waals surface area (Å²) in [4.78, 5) is 0. The summed E-state index contributed by atoms with van der Waals surface area (Å²) in [7, 11) is 0. The van der Waals surface area contributed by atoms with Gasteiger partial charge in [0.05, 0.1) is 0 Å². The quantitative estimate of drug-likeness (QED) is 0.458. The van der Waals surface area contributed by atoms with Crippen LogP contribution in [0.15, 0.2) is 0 Å². The molecule has 0 fully saturated rings. The van der Waals surface area contributed by atoms with Gasteiger partial charge in [-0.25, -0.2) is 0 Å². The second kappa shape index (κ2) is 2.80. The molecule has 0 aromatic heterocycles. The van der Waals surface area contributed by atoms with Crippen LogP contribution < -0.4 is 0 Å². The molecule has 0 unspecified atom stereocenters. The van der Waals surface area contributed by atoms with Gasteiger partial charge in [-0.15, -0.1) is 0 Å². The predicted molar refractivity (Wildman–Crippen MR) is 34.7 cm³/mol. The first-order valence-corrected chi connectivity index (χ1v) is 3.06. The second-order valence-electron chi connectivity index (χ2n) is 3.31. The van der Waals surface area contributed by atoms with Gasteiger partial charge in [-0.3, -0.25) is 0 Å². The van der Waals surface area contributed by atoms with E-state index in [4.69, 9.17) is 0 Å². The Labute approximate surface area is 55.9 Å². The zero-order valence-corrected chi connectivity index (χ0v) is 5.91. The van der Waals surface area contributed by atoms with Crippen LogP contribution in [0.5, 0.6) is 0 Å². The summed E-state index contributed by atoms with van der Waals surface area (Å²) in [5, 5.41) is 0. The maximum absolute atomic E-state index is 2.27. The Morgan fingerprint density at radius 1 is 1.43 bits per heavy atom. The van der Waals surface area contributed by atoms with Crippen LogP contribution in [0.2, 0.25) is 4.09 Å². The van der Waals surface area contributed by atoms with Gasteiger partial charge in [0.1, 0.15) is 0 Å². The fourth-order valence-corrected chi connectivity index (χ4v) is 0.750. The summed E-state index contributed by atoms with van der Waals surface area (Å²) in [5.74, 6) is 0. The molecule has 0 bridgehead atoms. The Bertz CT molecular complexity index is 42.6. The van der Waals surface area contributed by atoms with Gasteiger partial charge < -0.3 is 0 Å². The number of hydrogen-bond acceptors (Lipinski definition) is 0. The molecule has 0 aliphatic rings. The molecule has 0 rings (SSSR count). The predicted octanol–water partition coefficient (Wildman–Crippen LogP) is 2.15. The molecule has 0 radical (unpaired) electrons. The summed E-state index contributed by atoms with van der Waals surface area (Å²) in [6.07, 6.45) is 2.65. The third-order valence-corrected chi connectivity index (χ3v) is 1.000. The average molecular weight is 92.1 g/mol. The molecule has 1 heteroatoms.